The molecular formula is C16H17ClN2O2. The number of nitrogens with one attached hydrogen (secondary N) is 1. The molecule has 0 atom stereocenters. The van der Waals surface area contributed by atoms with Crippen LogP contribution in [0.3, 0.4) is 0 Å². The molecule has 1 aromatic heterocycles. The molecule has 0 aliphatic rings. The number of phenols is 1. The molecule has 4 nitrogen and oxygen atoms in total. The third-order valence-electron chi connectivity index (χ3n) is 3.06. The van der Waals surface area contributed by atoms with Gasteiger partial charge < -0.3 is 10.1 Å². The molecule has 2 rings (SSSR count). The van der Waals surface area contributed by atoms with Gasteiger partial charge in [0.15, 0.2) is 5.78 Å². The van der Waals surface area contributed by atoms with Gasteiger partial charge in [-0.15, -0.1) is 0 Å². The number of hydrogen-bond acceptors (Lipinski definition) is 3. The molecular weight excluding hydrogens is 288 g/mol. The van der Waals surface area contributed by atoms with Gasteiger partial charge in [0.25, 0.3) is 0 Å². The number of hydrogen-bond donors (Lipinski definition) is 2. The molecule has 0 aliphatic heterocycles. The highest BCUT2D eigenvalue weighted by atomic mass is 35.5. The van der Waals surface area contributed by atoms with Crippen LogP contribution < -0.4 is 0 Å². The molecule has 0 unspecified atom stereocenters. The number of rotatable bonds is 6. The lowest BCUT2D eigenvalue weighted by Gasteiger charge is -1.98. The topological polar surface area (TPSA) is 66.0 Å². The molecule has 5 heteroatoms. The average molecular weight is 305 g/mol. The van der Waals surface area contributed by atoms with E-state index in [-0.39, 0.29) is 17.1 Å². The summed E-state index contributed by atoms with van der Waals surface area (Å²) in [6.07, 6.45) is 5.86. The minimum absolute atomic E-state index is 0.0380. The molecule has 2 aromatic rings. The number of H-pyrrole nitrogens is 1. The fourth-order valence-electron chi connectivity index (χ4n) is 1.91. The van der Waals surface area contributed by atoms with Crippen molar-refractivity contribution in [1.82, 2.24) is 9.97 Å². The van der Waals surface area contributed by atoms with Gasteiger partial charge in [0.2, 0.25) is 0 Å². The minimum atomic E-state index is -0.290. The molecule has 0 bridgehead atoms. The summed E-state index contributed by atoms with van der Waals surface area (Å²) in [4.78, 5) is 19.3. The smallest absolute Gasteiger partial charge is 0.189 e. The van der Waals surface area contributed by atoms with Crippen LogP contribution in [0, 0.1) is 0 Å². The molecule has 0 radical (unpaired) electrons. The van der Waals surface area contributed by atoms with Crippen LogP contribution >= 0.6 is 11.6 Å². The van der Waals surface area contributed by atoms with E-state index >= 15 is 0 Å². The Balaban J connectivity index is 2.12. The predicted molar refractivity (Wildman–Crippen MR) is 83.7 cm³/mol. The number of ketones is 1. The zero-order chi connectivity index (χ0) is 15.2. The second-order valence-electron chi connectivity index (χ2n) is 4.70. The molecule has 21 heavy (non-hydrogen) atoms. The molecule has 110 valence electrons. The van der Waals surface area contributed by atoms with Crippen LogP contribution in [-0.2, 0) is 6.42 Å². The van der Waals surface area contributed by atoms with Gasteiger partial charge in [-0.05, 0) is 30.7 Å². The summed E-state index contributed by atoms with van der Waals surface area (Å²) in [7, 11) is 0. The Morgan fingerprint density at radius 2 is 2.19 bits per heavy atom. The minimum Gasteiger partial charge on any atom is -0.507 e. The number of aromatic hydroxyl groups is 1. The first-order valence-corrected chi connectivity index (χ1v) is 7.24. The van der Waals surface area contributed by atoms with Crippen LogP contribution in [0.1, 0.15) is 41.6 Å². The summed E-state index contributed by atoms with van der Waals surface area (Å²) in [5, 5.41) is 10.1. The van der Waals surface area contributed by atoms with Crippen molar-refractivity contribution in [1.29, 1.82) is 0 Å². The van der Waals surface area contributed by atoms with Crippen molar-refractivity contribution < 1.29 is 9.90 Å². The lowest BCUT2D eigenvalue weighted by atomic mass is 10.1. The molecule has 0 amide bonds. The number of carbonyl (C=O) groups is 1. The number of halogens is 1. The zero-order valence-electron chi connectivity index (χ0n) is 11.8. The number of imidazole rings is 1. The summed E-state index contributed by atoms with van der Waals surface area (Å²) < 4.78 is 0. The number of aromatic amines is 1. The Morgan fingerprint density at radius 1 is 1.43 bits per heavy atom. The van der Waals surface area contributed by atoms with Crippen LogP contribution in [0.2, 0.25) is 5.15 Å². The molecule has 0 saturated heterocycles. The van der Waals surface area contributed by atoms with Crippen LogP contribution in [0.4, 0.5) is 0 Å². The van der Waals surface area contributed by atoms with E-state index < -0.39 is 0 Å². The van der Waals surface area contributed by atoms with Crippen molar-refractivity contribution in [3.8, 4) is 5.75 Å². The van der Waals surface area contributed by atoms with E-state index in [1.807, 2.05) is 0 Å². The molecule has 0 spiro atoms. The summed E-state index contributed by atoms with van der Waals surface area (Å²) in [5.74, 6) is 0.489. The van der Waals surface area contributed by atoms with Gasteiger partial charge >= 0.3 is 0 Å². The van der Waals surface area contributed by atoms with Crippen LogP contribution in [0.25, 0.3) is 6.08 Å². The van der Waals surface area contributed by atoms with E-state index in [1.165, 1.54) is 12.1 Å². The van der Waals surface area contributed by atoms with E-state index in [4.69, 9.17) is 11.6 Å². The van der Waals surface area contributed by atoms with Crippen molar-refractivity contribution in [3.63, 3.8) is 0 Å². The first kappa shape index (κ1) is 15.3. The van der Waals surface area contributed by atoms with Crippen molar-refractivity contribution in [2.24, 2.45) is 0 Å². The first-order valence-electron chi connectivity index (χ1n) is 6.86. The van der Waals surface area contributed by atoms with Crippen molar-refractivity contribution in [3.05, 3.63) is 52.6 Å². The number of carbonyl (C=O) groups excluding carboxylic acids is 1. The third-order valence-corrected chi connectivity index (χ3v) is 3.35. The summed E-state index contributed by atoms with van der Waals surface area (Å²) >= 11 is 6.05. The van der Waals surface area contributed by atoms with Gasteiger partial charge in [-0.2, -0.15) is 0 Å². The molecule has 0 saturated carbocycles. The maximum atomic E-state index is 12.0. The third kappa shape index (κ3) is 3.95. The number of unbranched alkanes of at least 4 members (excludes halogenated alkanes) is 1. The quantitative estimate of drug-likeness (QED) is 0.626. The second-order valence-corrected chi connectivity index (χ2v) is 5.08. The van der Waals surface area contributed by atoms with E-state index in [2.05, 4.69) is 16.9 Å². The fraction of sp³-hybridized carbons (Fsp3) is 0.250. The average Bonchev–Trinajstić information content (AvgIpc) is 2.83. The Morgan fingerprint density at radius 3 is 2.90 bits per heavy atom. The van der Waals surface area contributed by atoms with E-state index in [9.17, 15) is 9.90 Å². The van der Waals surface area contributed by atoms with E-state index in [0.717, 1.165) is 25.1 Å². The van der Waals surface area contributed by atoms with Crippen molar-refractivity contribution in [2.75, 3.05) is 0 Å². The van der Waals surface area contributed by atoms with Crippen LogP contribution in [-0.4, -0.2) is 20.9 Å². The Kier molecular flexibility index (Phi) is 5.17. The molecule has 0 aliphatic carbocycles. The lowest BCUT2D eigenvalue weighted by molar-refractivity contribution is 0.104. The van der Waals surface area contributed by atoms with Gasteiger partial charge in [0.05, 0.1) is 5.56 Å². The Hall–Kier alpha value is -2.07. The Bertz CT molecular complexity index is 662. The zero-order valence-corrected chi connectivity index (χ0v) is 12.5. The maximum Gasteiger partial charge on any atom is 0.189 e. The SMILES string of the molecule is CCCCc1nc(/C=C/C(=O)c2ccccc2O)c(Cl)[nH]1. The Labute approximate surface area is 128 Å². The highest BCUT2D eigenvalue weighted by molar-refractivity contribution is 6.30. The first-order chi connectivity index (χ1) is 10.1. The number of benzene rings is 1. The lowest BCUT2D eigenvalue weighted by Crippen LogP contribution is -1.94. The van der Waals surface area contributed by atoms with Crippen molar-refractivity contribution in [2.45, 2.75) is 26.2 Å². The molecule has 0 fully saturated rings. The predicted octanol–water partition coefficient (Wildman–Crippen LogP) is 4.01. The van der Waals surface area contributed by atoms with E-state index in [1.54, 1.807) is 24.3 Å². The second kappa shape index (κ2) is 7.09. The summed E-state index contributed by atoms with van der Waals surface area (Å²) in [6, 6.07) is 6.41. The highest BCUT2D eigenvalue weighted by Crippen LogP contribution is 2.19. The maximum absolute atomic E-state index is 12.0. The largest absolute Gasteiger partial charge is 0.507 e. The molecule has 1 heterocycles. The number of aryl methyl sites for hydroxylation is 1. The van der Waals surface area contributed by atoms with Crippen LogP contribution in [0.15, 0.2) is 30.3 Å². The van der Waals surface area contributed by atoms with Gasteiger partial charge in [0, 0.05) is 6.42 Å². The van der Waals surface area contributed by atoms with Gasteiger partial charge in [-0.25, -0.2) is 4.98 Å². The van der Waals surface area contributed by atoms with Crippen molar-refractivity contribution >= 4 is 23.5 Å². The summed E-state index contributed by atoms with van der Waals surface area (Å²) in [6.45, 7) is 2.11. The van der Waals surface area contributed by atoms with Gasteiger partial charge in [-0.3, -0.25) is 4.79 Å². The number of nitrogens with zero attached hydrogens (tertiary/aromatic N) is 1. The van der Waals surface area contributed by atoms with E-state index in [0.29, 0.717) is 10.8 Å². The van der Waals surface area contributed by atoms with Gasteiger partial charge in [0.1, 0.15) is 22.4 Å². The highest BCUT2D eigenvalue weighted by Gasteiger charge is 2.09. The number of phenolic OH excluding ortho intramolecular Hbond substituents is 1. The number of aromatic nitrogens is 2. The standard InChI is InChI=1S/C16H17ClN2O2/c1-2-3-8-15-18-12(16(17)19-15)9-10-14(21)11-6-4-5-7-13(11)20/h4-7,9-10,20H,2-3,8H2,1H3,(H,18,19)/b10-9+. The van der Waals surface area contributed by atoms with Gasteiger partial charge in [-0.1, -0.05) is 37.1 Å². The molecule has 1 aromatic carbocycles. The number of allylic oxidation sites excluding steroid dienone is 1. The monoisotopic (exact) mass is 304 g/mol. The fourth-order valence-corrected chi connectivity index (χ4v) is 2.13. The number of para-hydroxylation sites is 1. The summed E-state index contributed by atoms with van der Waals surface area (Å²) in [5.41, 5.74) is 0.790. The van der Waals surface area contributed by atoms with Crippen LogP contribution in [0.5, 0.6) is 5.75 Å². The molecule has 2 N–H and O–H groups in total. The normalized spacial score (nSPS) is 11.1.